The molecule has 0 spiro atoms. The van der Waals surface area contributed by atoms with Gasteiger partial charge >= 0.3 is 6.36 Å². The molecule has 3 aromatic rings. The van der Waals surface area contributed by atoms with E-state index in [0.29, 0.717) is 18.8 Å². The molecule has 1 aliphatic heterocycles. The van der Waals surface area contributed by atoms with E-state index in [9.17, 15) is 18.0 Å². The van der Waals surface area contributed by atoms with Gasteiger partial charge in [-0.2, -0.15) is 0 Å². The number of carbonyl (C=O) groups is 1. The molecule has 0 bridgehead atoms. The van der Waals surface area contributed by atoms with Gasteiger partial charge in [0.1, 0.15) is 12.4 Å². The van der Waals surface area contributed by atoms with Crippen LogP contribution in [0.1, 0.15) is 22.7 Å². The standard InChI is InChI=1S/C24H21F3N2O3/c1-16-6-8-17(9-7-16)13-29-21(14-31-15-23(29)30)18-10-11-20(28-12-18)19-4-2-3-5-22(19)32-24(25,26)27/h2-12,21H,13-15H2,1H3. The topological polar surface area (TPSA) is 51.7 Å². The third-order valence-electron chi connectivity index (χ3n) is 5.23. The second-order valence-corrected chi connectivity index (χ2v) is 7.56. The fraction of sp³-hybridized carbons (Fsp3) is 0.250. The van der Waals surface area contributed by atoms with Gasteiger partial charge in [-0.1, -0.05) is 48.0 Å². The molecule has 1 amide bonds. The van der Waals surface area contributed by atoms with Crippen molar-refractivity contribution in [3.8, 4) is 17.0 Å². The zero-order valence-corrected chi connectivity index (χ0v) is 17.3. The second-order valence-electron chi connectivity index (χ2n) is 7.56. The molecule has 4 rings (SSSR count). The fourth-order valence-electron chi connectivity index (χ4n) is 3.62. The van der Waals surface area contributed by atoms with Gasteiger partial charge in [-0.05, 0) is 36.2 Å². The molecule has 1 aliphatic rings. The van der Waals surface area contributed by atoms with Crippen LogP contribution in [0.2, 0.25) is 0 Å². The number of carbonyl (C=O) groups excluding carboxylic acids is 1. The fourth-order valence-corrected chi connectivity index (χ4v) is 3.62. The van der Waals surface area contributed by atoms with Gasteiger partial charge in [-0.15, -0.1) is 13.2 Å². The number of amides is 1. The monoisotopic (exact) mass is 442 g/mol. The molecule has 0 radical (unpaired) electrons. The Morgan fingerprint density at radius 1 is 1.09 bits per heavy atom. The molecule has 1 atom stereocenters. The summed E-state index contributed by atoms with van der Waals surface area (Å²) in [7, 11) is 0. The van der Waals surface area contributed by atoms with E-state index >= 15 is 0 Å². The number of nitrogens with zero attached hydrogens (tertiary/aromatic N) is 2. The Hall–Kier alpha value is -3.39. The van der Waals surface area contributed by atoms with Crippen LogP contribution in [-0.4, -0.2) is 35.4 Å². The first-order valence-electron chi connectivity index (χ1n) is 10.0. The quantitative estimate of drug-likeness (QED) is 0.555. The van der Waals surface area contributed by atoms with E-state index in [1.54, 1.807) is 29.3 Å². The van der Waals surface area contributed by atoms with Gasteiger partial charge in [-0.25, -0.2) is 0 Å². The summed E-state index contributed by atoms with van der Waals surface area (Å²) in [5.74, 6) is -0.452. The molecule has 5 nitrogen and oxygen atoms in total. The molecule has 2 heterocycles. The van der Waals surface area contributed by atoms with Crippen molar-refractivity contribution in [3.05, 3.63) is 83.6 Å². The minimum Gasteiger partial charge on any atom is -0.405 e. The lowest BCUT2D eigenvalue weighted by atomic mass is 10.0. The van der Waals surface area contributed by atoms with Crippen molar-refractivity contribution in [1.29, 1.82) is 0 Å². The Bertz CT molecular complexity index is 1080. The first kappa shape index (κ1) is 21.8. The number of halogens is 3. The molecule has 32 heavy (non-hydrogen) atoms. The van der Waals surface area contributed by atoms with Crippen LogP contribution in [0.4, 0.5) is 13.2 Å². The maximum Gasteiger partial charge on any atom is 0.573 e. The highest BCUT2D eigenvalue weighted by Gasteiger charge is 2.33. The van der Waals surface area contributed by atoms with E-state index in [1.165, 1.54) is 18.2 Å². The van der Waals surface area contributed by atoms with Crippen LogP contribution in [-0.2, 0) is 16.1 Å². The number of morpholine rings is 1. The van der Waals surface area contributed by atoms with Gasteiger partial charge in [0, 0.05) is 18.3 Å². The predicted octanol–water partition coefficient (Wildman–Crippen LogP) is 5.06. The molecule has 1 aromatic heterocycles. The van der Waals surface area contributed by atoms with Crippen molar-refractivity contribution in [2.24, 2.45) is 0 Å². The summed E-state index contributed by atoms with van der Waals surface area (Å²) in [6, 6.07) is 16.8. The first-order valence-corrected chi connectivity index (χ1v) is 10.0. The van der Waals surface area contributed by atoms with E-state index < -0.39 is 6.36 Å². The minimum atomic E-state index is -4.80. The van der Waals surface area contributed by atoms with Crippen LogP contribution in [0.15, 0.2) is 66.9 Å². The molecule has 1 unspecified atom stereocenters. The first-order chi connectivity index (χ1) is 15.3. The van der Waals surface area contributed by atoms with Crippen molar-refractivity contribution in [3.63, 3.8) is 0 Å². The molecule has 166 valence electrons. The Kier molecular flexibility index (Phi) is 6.14. The molecule has 0 N–H and O–H groups in total. The summed E-state index contributed by atoms with van der Waals surface area (Å²) in [5, 5.41) is 0. The van der Waals surface area contributed by atoms with Gasteiger partial charge in [-0.3, -0.25) is 9.78 Å². The van der Waals surface area contributed by atoms with E-state index in [2.05, 4.69) is 9.72 Å². The third-order valence-corrected chi connectivity index (χ3v) is 5.23. The molecule has 1 saturated heterocycles. The lowest BCUT2D eigenvalue weighted by Gasteiger charge is -2.35. The average Bonchev–Trinajstić information content (AvgIpc) is 2.76. The number of aryl methyl sites for hydroxylation is 1. The molecule has 8 heteroatoms. The van der Waals surface area contributed by atoms with Crippen molar-refractivity contribution in [2.45, 2.75) is 25.9 Å². The lowest BCUT2D eigenvalue weighted by molar-refractivity contribution is -0.274. The number of alkyl halides is 3. The van der Waals surface area contributed by atoms with Gasteiger partial charge in [0.25, 0.3) is 0 Å². The van der Waals surface area contributed by atoms with Crippen LogP contribution in [0.25, 0.3) is 11.3 Å². The Morgan fingerprint density at radius 3 is 2.53 bits per heavy atom. The zero-order chi connectivity index (χ0) is 22.7. The van der Waals surface area contributed by atoms with Crippen LogP contribution in [0.5, 0.6) is 5.75 Å². The summed E-state index contributed by atoms with van der Waals surface area (Å²) < 4.78 is 47.8. The molecule has 1 fully saturated rings. The van der Waals surface area contributed by atoms with E-state index in [-0.39, 0.29) is 29.9 Å². The van der Waals surface area contributed by atoms with E-state index in [4.69, 9.17) is 4.74 Å². The lowest BCUT2D eigenvalue weighted by Crippen LogP contribution is -2.43. The SMILES string of the molecule is Cc1ccc(CN2C(=O)COCC2c2ccc(-c3ccccc3OC(F)(F)F)nc2)cc1. The number of hydrogen-bond donors (Lipinski definition) is 0. The Morgan fingerprint density at radius 2 is 1.84 bits per heavy atom. The highest BCUT2D eigenvalue weighted by molar-refractivity contribution is 5.78. The van der Waals surface area contributed by atoms with Crippen LogP contribution in [0.3, 0.4) is 0 Å². The van der Waals surface area contributed by atoms with Gasteiger partial charge in [0.15, 0.2) is 0 Å². The maximum atomic E-state index is 12.7. The summed E-state index contributed by atoms with van der Waals surface area (Å²) in [6.07, 6.45) is -3.24. The van der Waals surface area contributed by atoms with Crippen molar-refractivity contribution < 1.29 is 27.4 Å². The molecular formula is C24H21F3N2O3. The van der Waals surface area contributed by atoms with Crippen molar-refractivity contribution in [2.75, 3.05) is 13.2 Å². The molecule has 0 aliphatic carbocycles. The Balaban J connectivity index is 1.59. The van der Waals surface area contributed by atoms with Gasteiger partial charge in [0.05, 0.1) is 18.3 Å². The number of rotatable bonds is 5. The number of pyridine rings is 1. The number of para-hydroxylation sites is 1. The summed E-state index contributed by atoms with van der Waals surface area (Å²) in [5.41, 5.74) is 3.43. The Labute approximate surface area is 183 Å². The van der Waals surface area contributed by atoms with Crippen molar-refractivity contribution in [1.82, 2.24) is 9.88 Å². The largest absolute Gasteiger partial charge is 0.573 e. The van der Waals surface area contributed by atoms with Crippen LogP contribution >= 0.6 is 0 Å². The number of benzene rings is 2. The maximum absolute atomic E-state index is 12.7. The van der Waals surface area contributed by atoms with Crippen LogP contribution < -0.4 is 4.74 Å². The number of ether oxygens (including phenoxy) is 2. The van der Waals surface area contributed by atoms with Gasteiger partial charge < -0.3 is 14.4 Å². The van der Waals surface area contributed by atoms with E-state index in [0.717, 1.165) is 16.7 Å². The normalized spacial score (nSPS) is 16.8. The summed E-state index contributed by atoms with van der Waals surface area (Å²) >= 11 is 0. The number of hydrogen-bond acceptors (Lipinski definition) is 4. The summed E-state index contributed by atoms with van der Waals surface area (Å²) in [6.45, 7) is 2.75. The second kappa shape index (κ2) is 9.00. The van der Waals surface area contributed by atoms with Gasteiger partial charge in [0.2, 0.25) is 5.91 Å². The van der Waals surface area contributed by atoms with Crippen molar-refractivity contribution >= 4 is 5.91 Å². The molecule has 0 saturated carbocycles. The zero-order valence-electron chi connectivity index (χ0n) is 17.3. The predicted molar refractivity (Wildman–Crippen MR) is 112 cm³/mol. The minimum absolute atomic E-state index is 0.00995. The molecule has 2 aromatic carbocycles. The number of aromatic nitrogens is 1. The third kappa shape index (κ3) is 5.08. The summed E-state index contributed by atoms with van der Waals surface area (Å²) in [4.78, 5) is 18.7. The molecular weight excluding hydrogens is 421 g/mol. The van der Waals surface area contributed by atoms with Crippen LogP contribution in [0, 0.1) is 6.92 Å². The highest BCUT2D eigenvalue weighted by Crippen LogP contribution is 2.34. The highest BCUT2D eigenvalue weighted by atomic mass is 19.4. The average molecular weight is 442 g/mol. The van der Waals surface area contributed by atoms with E-state index in [1.807, 2.05) is 31.2 Å². The smallest absolute Gasteiger partial charge is 0.405 e.